The lowest BCUT2D eigenvalue weighted by atomic mass is 10.1. The summed E-state index contributed by atoms with van der Waals surface area (Å²) in [6, 6.07) is 5.78. The first kappa shape index (κ1) is 10.2. The van der Waals surface area contributed by atoms with Crippen LogP contribution in [-0.2, 0) is 0 Å². The van der Waals surface area contributed by atoms with E-state index in [1.807, 2.05) is 32.3 Å². The van der Waals surface area contributed by atoms with Crippen molar-refractivity contribution in [1.82, 2.24) is 9.88 Å². The van der Waals surface area contributed by atoms with Crippen LogP contribution in [0.2, 0.25) is 0 Å². The van der Waals surface area contributed by atoms with E-state index in [9.17, 15) is 0 Å². The van der Waals surface area contributed by atoms with E-state index in [0.717, 1.165) is 12.2 Å². The molecule has 0 fully saturated rings. The van der Waals surface area contributed by atoms with E-state index < -0.39 is 0 Å². The molecule has 3 heteroatoms. The van der Waals surface area contributed by atoms with Gasteiger partial charge in [0.1, 0.15) is 0 Å². The number of rotatable bonds is 4. The highest BCUT2D eigenvalue weighted by Crippen LogP contribution is 2.12. The molecule has 1 atom stereocenters. The molecule has 0 aliphatic carbocycles. The number of likely N-dealkylation sites (N-methyl/N-ethyl adjacent to an activating group) is 1. The molecular formula is C10H16N2O. The zero-order valence-electron chi connectivity index (χ0n) is 8.14. The minimum Gasteiger partial charge on any atom is -0.396 e. The molecule has 0 aliphatic rings. The van der Waals surface area contributed by atoms with Crippen LogP contribution in [0.25, 0.3) is 0 Å². The molecule has 3 nitrogen and oxygen atoms in total. The van der Waals surface area contributed by atoms with Gasteiger partial charge in [0, 0.05) is 24.4 Å². The molecule has 0 aromatic carbocycles. The van der Waals surface area contributed by atoms with Gasteiger partial charge in [-0.1, -0.05) is 6.07 Å². The second kappa shape index (κ2) is 4.94. The first-order valence-electron chi connectivity index (χ1n) is 4.40. The molecule has 1 unspecified atom stereocenters. The van der Waals surface area contributed by atoms with Gasteiger partial charge in [-0.25, -0.2) is 0 Å². The minimum atomic E-state index is 0.121. The Morgan fingerprint density at radius 3 is 2.69 bits per heavy atom. The Kier molecular flexibility index (Phi) is 3.86. The van der Waals surface area contributed by atoms with Crippen molar-refractivity contribution in [1.29, 1.82) is 0 Å². The standard InChI is InChI=1S/C10H16N2O/c1-12(2)7-9(8-13)10-5-3-4-6-11-10/h3-6,9,13H,7-8H2,1-2H3. The van der Waals surface area contributed by atoms with Crippen LogP contribution in [0, 0.1) is 0 Å². The van der Waals surface area contributed by atoms with Gasteiger partial charge in [0.05, 0.1) is 6.61 Å². The molecule has 0 saturated heterocycles. The minimum absolute atomic E-state index is 0.121. The number of aromatic nitrogens is 1. The summed E-state index contributed by atoms with van der Waals surface area (Å²) in [5, 5.41) is 9.16. The van der Waals surface area contributed by atoms with Gasteiger partial charge in [0.15, 0.2) is 0 Å². The van der Waals surface area contributed by atoms with Gasteiger partial charge in [-0.3, -0.25) is 4.98 Å². The molecule has 0 amide bonds. The number of aliphatic hydroxyl groups is 1. The fourth-order valence-corrected chi connectivity index (χ4v) is 1.30. The van der Waals surface area contributed by atoms with Crippen LogP contribution in [0.15, 0.2) is 24.4 Å². The summed E-state index contributed by atoms with van der Waals surface area (Å²) in [6.07, 6.45) is 1.76. The van der Waals surface area contributed by atoms with Crippen LogP contribution >= 0.6 is 0 Å². The van der Waals surface area contributed by atoms with Gasteiger partial charge in [0.25, 0.3) is 0 Å². The van der Waals surface area contributed by atoms with Crippen LogP contribution in [0.1, 0.15) is 11.6 Å². The molecule has 1 N–H and O–H groups in total. The van der Waals surface area contributed by atoms with Crippen LogP contribution in [0.5, 0.6) is 0 Å². The van der Waals surface area contributed by atoms with Crippen LogP contribution in [-0.4, -0.2) is 42.2 Å². The first-order chi connectivity index (χ1) is 6.24. The van der Waals surface area contributed by atoms with Gasteiger partial charge in [-0.05, 0) is 26.2 Å². The predicted molar refractivity (Wildman–Crippen MR) is 52.6 cm³/mol. The zero-order valence-corrected chi connectivity index (χ0v) is 8.14. The smallest absolute Gasteiger partial charge is 0.0527 e. The van der Waals surface area contributed by atoms with Crippen molar-refractivity contribution >= 4 is 0 Å². The Morgan fingerprint density at radius 2 is 2.23 bits per heavy atom. The molecule has 1 heterocycles. The molecule has 0 spiro atoms. The van der Waals surface area contributed by atoms with Crippen molar-refractivity contribution in [2.45, 2.75) is 5.92 Å². The van der Waals surface area contributed by atoms with Crippen molar-refractivity contribution in [3.63, 3.8) is 0 Å². The summed E-state index contributed by atoms with van der Waals surface area (Å²) in [6.45, 7) is 0.975. The highest BCUT2D eigenvalue weighted by molar-refractivity contribution is 5.09. The second-order valence-corrected chi connectivity index (χ2v) is 3.40. The van der Waals surface area contributed by atoms with Crippen molar-refractivity contribution in [2.24, 2.45) is 0 Å². The van der Waals surface area contributed by atoms with Gasteiger partial charge in [-0.15, -0.1) is 0 Å². The third-order valence-electron chi connectivity index (χ3n) is 1.91. The maximum absolute atomic E-state index is 9.16. The Labute approximate surface area is 79.0 Å². The van der Waals surface area contributed by atoms with Gasteiger partial charge < -0.3 is 10.0 Å². The van der Waals surface area contributed by atoms with E-state index in [1.165, 1.54) is 0 Å². The summed E-state index contributed by atoms with van der Waals surface area (Å²) in [7, 11) is 3.98. The fraction of sp³-hybridized carbons (Fsp3) is 0.500. The molecule has 1 aromatic rings. The average Bonchev–Trinajstić information content (AvgIpc) is 2.15. The third kappa shape index (κ3) is 3.13. The van der Waals surface area contributed by atoms with Gasteiger partial charge >= 0.3 is 0 Å². The quantitative estimate of drug-likeness (QED) is 0.741. The van der Waals surface area contributed by atoms with Crippen molar-refractivity contribution < 1.29 is 5.11 Å². The highest BCUT2D eigenvalue weighted by atomic mass is 16.3. The summed E-state index contributed by atoms with van der Waals surface area (Å²) >= 11 is 0. The summed E-state index contributed by atoms with van der Waals surface area (Å²) in [5.41, 5.74) is 0.957. The zero-order chi connectivity index (χ0) is 9.68. The predicted octanol–water partition coefficient (Wildman–Crippen LogP) is 0.719. The molecule has 0 aliphatic heterocycles. The Morgan fingerprint density at radius 1 is 1.46 bits per heavy atom. The summed E-state index contributed by atoms with van der Waals surface area (Å²) < 4.78 is 0. The maximum Gasteiger partial charge on any atom is 0.0527 e. The van der Waals surface area contributed by atoms with Crippen molar-refractivity contribution in [3.05, 3.63) is 30.1 Å². The molecule has 1 aromatic heterocycles. The second-order valence-electron chi connectivity index (χ2n) is 3.40. The van der Waals surface area contributed by atoms with Gasteiger partial charge in [0.2, 0.25) is 0 Å². The van der Waals surface area contributed by atoms with E-state index in [1.54, 1.807) is 6.20 Å². The van der Waals surface area contributed by atoms with Crippen LogP contribution < -0.4 is 0 Å². The largest absolute Gasteiger partial charge is 0.396 e. The lowest BCUT2D eigenvalue weighted by Gasteiger charge is -2.18. The first-order valence-corrected chi connectivity index (χ1v) is 4.40. The summed E-state index contributed by atoms with van der Waals surface area (Å²) in [4.78, 5) is 6.27. The number of hydrogen-bond acceptors (Lipinski definition) is 3. The molecule has 13 heavy (non-hydrogen) atoms. The highest BCUT2D eigenvalue weighted by Gasteiger charge is 2.11. The monoisotopic (exact) mass is 180 g/mol. The molecule has 0 radical (unpaired) electrons. The normalized spacial score (nSPS) is 13.2. The van der Waals surface area contributed by atoms with Crippen LogP contribution in [0.3, 0.4) is 0 Å². The molecule has 0 saturated carbocycles. The third-order valence-corrected chi connectivity index (χ3v) is 1.91. The number of hydrogen-bond donors (Lipinski definition) is 1. The van der Waals surface area contributed by atoms with Crippen LogP contribution in [0.4, 0.5) is 0 Å². The molecule has 72 valence electrons. The average molecular weight is 180 g/mol. The molecular weight excluding hydrogens is 164 g/mol. The number of nitrogens with zero attached hydrogens (tertiary/aromatic N) is 2. The van der Waals surface area contributed by atoms with E-state index in [0.29, 0.717) is 0 Å². The van der Waals surface area contributed by atoms with E-state index >= 15 is 0 Å². The van der Waals surface area contributed by atoms with Crippen molar-refractivity contribution in [3.8, 4) is 0 Å². The molecule has 0 bridgehead atoms. The van der Waals surface area contributed by atoms with E-state index in [2.05, 4.69) is 9.88 Å². The summed E-state index contributed by atoms with van der Waals surface area (Å²) in [5.74, 6) is 0.121. The fourth-order valence-electron chi connectivity index (χ4n) is 1.30. The number of pyridine rings is 1. The number of aliphatic hydroxyl groups excluding tert-OH is 1. The lowest BCUT2D eigenvalue weighted by Crippen LogP contribution is -2.23. The van der Waals surface area contributed by atoms with Crippen molar-refractivity contribution in [2.75, 3.05) is 27.2 Å². The van der Waals surface area contributed by atoms with E-state index in [-0.39, 0.29) is 12.5 Å². The maximum atomic E-state index is 9.16. The Balaban J connectivity index is 2.67. The van der Waals surface area contributed by atoms with E-state index in [4.69, 9.17) is 5.11 Å². The Bertz CT molecular complexity index is 236. The Hall–Kier alpha value is -0.930. The van der Waals surface area contributed by atoms with Gasteiger partial charge in [-0.2, -0.15) is 0 Å². The lowest BCUT2D eigenvalue weighted by molar-refractivity contribution is 0.232. The topological polar surface area (TPSA) is 36.4 Å². The molecule has 1 rings (SSSR count). The SMILES string of the molecule is CN(C)CC(CO)c1ccccn1.